The average Bonchev–Trinajstić information content (AvgIpc) is 2.34. The van der Waals surface area contributed by atoms with Gasteiger partial charge in [-0.15, -0.1) is 0 Å². The van der Waals surface area contributed by atoms with Gasteiger partial charge in [-0.3, -0.25) is 0 Å². The minimum atomic E-state index is -0.259. The maximum absolute atomic E-state index is 13.2. The van der Waals surface area contributed by atoms with Gasteiger partial charge in [0.2, 0.25) is 0 Å². The van der Waals surface area contributed by atoms with Crippen molar-refractivity contribution in [2.75, 3.05) is 6.54 Å². The van der Waals surface area contributed by atoms with Gasteiger partial charge in [-0.2, -0.15) is 0 Å². The quantitative estimate of drug-likeness (QED) is 0.767. The van der Waals surface area contributed by atoms with Gasteiger partial charge in [0.1, 0.15) is 5.82 Å². The summed E-state index contributed by atoms with van der Waals surface area (Å²) in [6.45, 7) is 4.06. The molecule has 0 bridgehead atoms. The van der Waals surface area contributed by atoms with Crippen LogP contribution in [-0.4, -0.2) is 6.54 Å². The molecule has 1 nitrogen and oxygen atoms in total. The molecule has 0 radical (unpaired) electrons. The molecule has 1 N–H and O–H groups in total. The number of halogens is 2. The molecule has 1 aromatic rings. The predicted molar refractivity (Wildman–Crippen MR) is 78.9 cm³/mol. The van der Waals surface area contributed by atoms with E-state index >= 15 is 0 Å². The van der Waals surface area contributed by atoms with E-state index in [-0.39, 0.29) is 5.82 Å². The summed E-state index contributed by atoms with van der Waals surface area (Å²) in [5, 5.41) is 3.86. The summed E-state index contributed by atoms with van der Waals surface area (Å²) in [6.07, 6.45) is 6.75. The fraction of sp³-hybridized carbons (Fsp3) is 0.625. The Morgan fingerprint density at radius 1 is 1.32 bits per heavy atom. The van der Waals surface area contributed by atoms with Crippen LogP contribution in [0.25, 0.3) is 0 Å². The lowest BCUT2D eigenvalue weighted by molar-refractivity contribution is 0.267. The number of benzene rings is 1. The first-order chi connectivity index (χ1) is 9.13. The standard InChI is InChI=1S/C16H23ClFN/c1-12-3-2-4-13(7-12)5-6-19-11-14-8-15(17)10-16(18)9-14/h8-10,12-13,19H,2-7,11H2,1H3. The third kappa shape index (κ3) is 5.12. The Morgan fingerprint density at radius 3 is 2.89 bits per heavy atom. The van der Waals surface area contributed by atoms with Crippen molar-refractivity contribution in [2.45, 2.75) is 45.6 Å². The van der Waals surface area contributed by atoms with Gasteiger partial charge in [0.25, 0.3) is 0 Å². The number of hydrogen-bond donors (Lipinski definition) is 1. The summed E-state index contributed by atoms with van der Waals surface area (Å²) >= 11 is 5.83. The molecule has 1 fully saturated rings. The van der Waals surface area contributed by atoms with E-state index in [9.17, 15) is 4.39 Å². The molecule has 3 heteroatoms. The van der Waals surface area contributed by atoms with Crippen LogP contribution in [0.2, 0.25) is 5.02 Å². The normalized spacial score (nSPS) is 23.5. The predicted octanol–water partition coefficient (Wildman–Crippen LogP) is 4.79. The van der Waals surface area contributed by atoms with Crippen molar-refractivity contribution in [1.29, 1.82) is 0 Å². The fourth-order valence-corrected chi connectivity index (χ4v) is 3.32. The van der Waals surface area contributed by atoms with Gasteiger partial charge in [-0.1, -0.05) is 37.8 Å². The van der Waals surface area contributed by atoms with Crippen molar-refractivity contribution in [3.05, 3.63) is 34.6 Å². The lowest BCUT2D eigenvalue weighted by Crippen LogP contribution is -2.21. The van der Waals surface area contributed by atoms with Crippen LogP contribution in [0, 0.1) is 17.7 Å². The van der Waals surface area contributed by atoms with E-state index < -0.39 is 0 Å². The van der Waals surface area contributed by atoms with Crippen LogP contribution in [0.5, 0.6) is 0 Å². The molecule has 1 aliphatic rings. The highest BCUT2D eigenvalue weighted by molar-refractivity contribution is 6.30. The largest absolute Gasteiger partial charge is 0.313 e. The molecule has 0 aliphatic heterocycles. The summed E-state index contributed by atoms with van der Waals surface area (Å²) in [5.74, 6) is 1.50. The second-order valence-electron chi connectivity index (χ2n) is 5.88. The van der Waals surface area contributed by atoms with E-state index in [1.165, 1.54) is 38.2 Å². The molecule has 0 amide bonds. The van der Waals surface area contributed by atoms with E-state index in [1.54, 1.807) is 6.07 Å². The Morgan fingerprint density at radius 2 is 2.16 bits per heavy atom. The molecule has 0 spiro atoms. The van der Waals surface area contributed by atoms with Crippen LogP contribution in [0.15, 0.2) is 18.2 Å². The molecule has 19 heavy (non-hydrogen) atoms. The highest BCUT2D eigenvalue weighted by atomic mass is 35.5. The molecule has 0 saturated heterocycles. The van der Waals surface area contributed by atoms with Crippen molar-refractivity contribution in [3.63, 3.8) is 0 Å². The van der Waals surface area contributed by atoms with Gasteiger partial charge in [0.05, 0.1) is 0 Å². The van der Waals surface area contributed by atoms with E-state index in [0.717, 1.165) is 23.9 Å². The van der Waals surface area contributed by atoms with Crippen LogP contribution in [0.4, 0.5) is 4.39 Å². The first-order valence-electron chi connectivity index (χ1n) is 7.29. The Labute approximate surface area is 120 Å². The van der Waals surface area contributed by atoms with Crippen LogP contribution in [0.3, 0.4) is 0 Å². The Hall–Kier alpha value is -0.600. The first-order valence-corrected chi connectivity index (χ1v) is 7.67. The molecule has 1 saturated carbocycles. The Bertz CT molecular complexity index is 387. The Kier molecular flexibility index (Phi) is 5.65. The molecule has 2 unspecified atom stereocenters. The van der Waals surface area contributed by atoms with E-state index in [4.69, 9.17) is 11.6 Å². The SMILES string of the molecule is CC1CCCC(CCNCc2cc(F)cc(Cl)c2)C1. The molecular weight excluding hydrogens is 261 g/mol. The lowest BCUT2D eigenvalue weighted by Gasteiger charge is -2.26. The van der Waals surface area contributed by atoms with Crippen molar-refractivity contribution in [1.82, 2.24) is 5.32 Å². The minimum absolute atomic E-state index is 0.259. The third-order valence-electron chi connectivity index (χ3n) is 4.03. The van der Waals surface area contributed by atoms with Gasteiger partial charge >= 0.3 is 0 Å². The van der Waals surface area contributed by atoms with Crippen molar-refractivity contribution in [3.8, 4) is 0 Å². The highest BCUT2D eigenvalue weighted by Crippen LogP contribution is 2.30. The maximum atomic E-state index is 13.2. The summed E-state index contributed by atoms with van der Waals surface area (Å²) in [5.41, 5.74) is 0.919. The Balaban J connectivity index is 1.68. The van der Waals surface area contributed by atoms with Gasteiger partial charge in [-0.25, -0.2) is 4.39 Å². The molecule has 106 valence electrons. The topological polar surface area (TPSA) is 12.0 Å². The van der Waals surface area contributed by atoms with Crippen LogP contribution < -0.4 is 5.32 Å². The molecule has 2 rings (SSSR count). The number of hydrogen-bond acceptors (Lipinski definition) is 1. The van der Waals surface area contributed by atoms with Crippen molar-refractivity contribution in [2.24, 2.45) is 11.8 Å². The van der Waals surface area contributed by atoms with Crippen LogP contribution in [0.1, 0.15) is 44.6 Å². The minimum Gasteiger partial charge on any atom is -0.313 e. The summed E-state index contributed by atoms with van der Waals surface area (Å²) in [4.78, 5) is 0. The van der Waals surface area contributed by atoms with Crippen LogP contribution in [-0.2, 0) is 6.54 Å². The molecule has 1 aliphatic carbocycles. The molecule has 0 aromatic heterocycles. The maximum Gasteiger partial charge on any atom is 0.125 e. The van der Waals surface area contributed by atoms with Gasteiger partial charge in [0.15, 0.2) is 0 Å². The highest BCUT2D eigenvalue weighted by Gasteiger charge is 2.18. The zero-order chi connectivity index (χ0) is 13.7. The molecule has 1 aromatic carbocycles. The van der Waals surface area contributed by atoms with Gasteiger partial charge in [-0.05, 0) is 55.0 Å². The number of nitrogens with one attached hydrogen (secondary N) is 1. The van der Waals surface area contributed by atoms with Gasteiger partial charge in [0, 0.05) is 11.6 Å². The summed E-state index contributed by atoms with van der Waals surface area (Å²) < 4.78 is 13.2. The van der Waals surface area contributed by atoms with E-state index in [1.807, 2.05) is 6.07 Å². The second kappa shape index (κ2) is 7.25. The monoisotopic (exact) mass is 283 g/mol. The fourth-order valence-electron chi connectivity index (χ4n) is 3.07. The van der Waals surface area contributed by atoms with Gasteiger partial charge < -0.3 is 5.32 Å². The van der Waals surface area contributed by atoms with E-state index in [0.29, 0.717) is 11.6 Å². The summed E-state index contributed by atoms with van der Waals surface area (Å²) in [6, 6.07) is 4.70. The molecule has 2 atom stereocenters. The van der Waals surface area contributed by atoms with Crippen molar-refractivity contribution < 1.29 is 4.39 Å². The second-order valence-corrected chi connectivity index (χ2v) is 6.32. The molecule has 0 heterocycles. The summed E-state index contributed by atoms with van der Waals surface area (Å²) in [7, 11) is 0. The zero-order valence-corrected chi connectivity index (χ0v) is 12.3. The lowest BCUT2D eigenvalue weighted by atomic mass is 9.81. The third-order valence-corrected chi connectivity index (χ3v) is 4.24. The number of rotatable bonds is 5. The van der Waals surface area contributed by atoms with Crippen molar-refractivity contribution >= 4 is 11.6 Å². The molecular formula is C16H23ClFN. The smallest absolute Gasteiger partial charge is 0.125 e. The van der Waals surface area contributed by atoms with E-state index in [2.05, 4.69) is 12.2 Å². The van der Waals surface area contributed by atoms with Crippen LogP contribution >= 0.6 is 11.6 Å². The average molecular weight is 284 g/mol. The first kappa shape index (κ1) is 14.8. The zero-order valence-electron chi connectivity index (χ0n) is 11.6.